The van der Waals surface area contributed by atoms with Crippen LogP contribution in [-0.2, 0) is 11.8 Å². The second kappa shape index (κ2) is 8.84. The van der Waals surface area contributed by atoms with Gasteiger partial charge in [-0.25, -0.2) is 4.98 Å². The van der Waals surface area contributed by atoms with Gasteiger partial charge in [0.25, 0.3) is 0 Å². The average molecular weight is 490 g/mol. The van der Waals surface area contributed by atoms with Gasteiger partial charge in [0.15, 0.2) is 0 Å². The summed E-state index contributed by atoms with van der Waals surface area (Å²) < 4.78 is 1.15. The van der Waals surface area contributed by atoms with Crippen molar-refractivity contribution in [1.82, 2.24) is 9.97 Å². The van der Waals surface area contributed by atoms with Gasteiger partial charge in [-0.15, -0.1) is 11.3 Å². The highest BCUT2D eigenvalue weighted by Crippen LogP contribution is 2.37. The van der Waals surface area contributed by atoms with Gasteiger partial charge in [-0.05, 0) is 63.1 Å². The van der Waals surface area contributed by atoms with Crippen molar-refractivity contribution in [1.29, 1.82) is 5.26 Å². The number of aromatic nitrogens is 2. The molecule has 0 radical (unpaired) electrons. The third-order valence-corrected chi connectivity index (χ3v) is 7.43. The summed E-state index contributed by atoms with van der Waals surface area (Å²) in [4.78, 5) is 9.55. The molecule has 0 amide bonds. The summed E-state index contributed by atoms with van der Waals surface area (Å²) in [6.07, 6.45) is 2.65. The lowest BCUT2D eigenvalue weighted by Crippen LogP contribution is -2.12. The molecule has 3 aromatic carbocycles. The van der Waals surface area contributed by atoms with Gasteiger partial charge in [-0.3, -0.25) is 4.98 Å². The summed E-state index contributed by atoms with van der Waals surface area (Å²) in [5, 5.41) is 13.5. The summed E-state index contributed by atoms with van der Waals surface area (Å²) in [7, 11) is 0. The molecule has 0 spiro atoms. The second-order valence-corrected chi connectivity index (χ2v) is 12.9. The monoisotopic (exact) mass is 489 g/mol. The average Bonchev–Trinajstić information content (AvgIpc) is 3.22. The Labute approximate surface area is 217 Å². The molecule has 0 atom stereocenters. The minimum atomic E-state index is -0.00694. The van der Waals surface area contributed by atoms with Crippen molar-refractivity contribution in [3.8, 4) is 28.5 Å². The van der Waals surface area contributed by atoms with E-state index in [0.29, 0.717) is 5.56 Å². The standard InChI is InChI=1S/C32H31N3S/c1-31(2,3)17-30-35-27-12-11-21(15-29(27)36-30)25-16-28(34-19-23(25)18-33)22-13-20-9-7-8-10-24(20)26(14-22)32(4,5)6/h7-16,19H,17H2,1-6H3. The lowest BCUT2D eigenvalue weighted by molar-refractivity contribution is 0.411. The molecule has 180 valence electrons. The van der Waals surface area contributed by atoms with Gasteiger partial charge in [0.2, 0.25) is 0 Å². The predicted molar refractivity (Wildman–Crippen MR) is 152 cm³/mol. The molecule has 0 aliphatic heterocycles. The van der Waals surface area contributed by atoms with Crippen LogP contribution in [0.3, 0.4) is 0 Å². The normalized spacial score (nSPS) is 12.2. The van der Waals surface area contributed by atoms with Gasteiger partial charge < -0.3 is 0 Å². The van der Waals surface area contributed by atoms with Crippen LogP contribution in [-0.4, -0.2) is 9.97 Å². The molecular weight excluding hydrogens is 458 g/mol. The first-order valence-corrected chi connectivity index (χ1v) is 13.2. The van der Waals surface area contributed by atoms with Crippen molar-refractivity contribution in [2.45, 2.75) is 53.4 Å². The van der Waals surface area contributed by atoms with Crippen LogP contribution in [0.1, 0.15) is 57.7 Å². The van der Waals surface area contributed by atoms with Crippen LogP contribution in [0.5, 0.6) is 0 Å². The number of fused-ring (bicyclic) bond motifs is 2. The van der Waals surface area contributed by atoms with E-state index in [-0.39, 0.29) is 10.8 Å². The lowest BCUT2D eigenvalue weighted by atomic mass is 9.82. The fraction of sp³-hybridized carbons (Fsp3) is 0.281. The van der Waals surface area contributed by atoms with Crippen LogP contribution in [0.15, 0.2) is 66.9 Å². The van der Waals surface area contributed by atoms with Crippen molar-refractivity contribution >= 4 is 32.3 Å². The van der Waals surface area contributed by atoms with Crippen molar-refractivity contribution in [2.75, 3.05) is 0 Å². The predicted octanol–water partition coefficient (Wildman–Crippen LogP) is 8.94. The van der Waals surface area contributed by atoms with Gasteiger partial charge in [0, 0.05) is 23.7 Å². The Balaban J connectivity index is 1.64. The molecule has 2 aromatic heterocycles. The third kappa shape index (κ3) is 4.76. The van der Waals surface area contributed by atoms with Crippen LogP contribution < -0.4 is 0 Å². The first-order valence-electron chi connectivity index (χ1n) is 12.4. The van der Waals surface area contributed by atoms with Crippen LogP contribution in [0.2, 0.25) is 0 Å². The first kappa shape index (κ1) is 24.2. The molecule has 0 saturated carbocycles. The van der Waals surface area contributed by atoms with E-state index in [9.17, 15) is 5.26 Å². The van der Waals surface area contributed by atoms with Crippen LogP contribution in [0.25, 0.3) is 43.4 Å². The lowest BCUT2D eigenvalue weighted by Gasteiger charge is -2.23. The molecule has 0 saturated heterocycles. The van der Waals surface area contributed by atoms with Crippen molar-refractivity contribution in [3.05, 3.63) is 83.0 Å². The number of nitrogens with zero attached hydrogens (tertiary/aromatic N) is 3. The minimum absolute atomic E-state index is 0.00694. The van der Waals surface area contributed by atoms with Gasteiger partial charge in [-0.2, -0.15) is 5.26 Å². The topological polar surface area (TPSA) is 49.6 Å². The molecule has 0 N–H and O–H groups in total. The molecule has 0 aliphatic rings. The van der Waals surface area contributed by atoms with Crippen molar-refractivity contribution < 1.29 is 0 Å². The van der Waals surface area contributed by atoms with E-state index in [0.717, 1.165) is 44.0 Å². The number of thiazole rings is 1. The highest BCUT2D eigenvalue weighted by Gasteiger charge is 2.20. The van der Waals surface area contributed by atoms with Crippen LogP contribution >= 0.6 is 11.3 Å². The molecule has 0 aliphatic carbocycles. The third-order valence-electron chi connectivity index (χ3n) is 6.42. The Morgan fingerprint density at radius 1 is 0.889 bits per heavy atom. The fourth-order valence-electron chi connectivity index (χ4n) is 4.69. The van der Waals surface area contributed by atoms with Crippen molar-refractivity contribution in [2.24, 2.45) is 5.41 Å². The molecule has 3 nitrogen and oxygen atoms in total. The maximum absolute atomic E-state index is 9.88. The molecule has 36 heavy (non-hydrogen) atoms. The van der Waals surface area contributed by atoms with E-state index in [4.69, 9.17) is 9.97 Å². The largest absolute Gasteiger partial charge is 0.255 e. The molecule has 2 heterocycles. The van der Waals surface area contributed by atoms with E-state index < -0.39 is 0 Å². The summed E-state index contributed by atoms with van der Waals surface area (Å²) >= 11 is 1.74. The van der Waals surface area contributed by atoms with E-state index in [1.807, 2.05) is 0 Å². The number of hydrogen-bond acceptors (Lipinski definition) is 4. The Kier molecular flexibility index (Phi) is 5.93. The smallest absolute Gasteiger partial charge is 0.101 e. The summed E-state index contributed by atoms with van der Waals surface area (Å²) in [6, 6.07) is 23.7. The zero-order chi connectivity index (χ0) is 25.7. The fourth-order valence-corrected chi connectivity index (χ4v) is 6.00. The van der Waals surface area contributed by atoms with Crippen LogP contribution in [0, 0.1) is 16.7 Å². The molecule has 0 bridgehead atoms. The van der Waals surface area contributed by atoms with Gasteiger partial charge >= 0.3 is 0 Å². The molecular formula is C32H31N3S. The minimum Gasteiger partial charge on any atom is -0.255 e. The second-order valence-electron chi connectivity index (χ2n) is 11.7. The number of benzene rings is 3. The number of nitriles is 1. The number of hydrogen-bond donors (Lipinski definition) is 0. The Morgan fingerprint density at radius 2 is 1.67 bits per heavy atom. The molecule has 0 unspecified atom stereocenters. The number of pyridine rings is 1. The zero-order valence-corrected chi connectivity index (χ0v) is 22.6. The number of rotatable bonds is 3. The Hall–Kier alpha value is -3.55. The molecule has 4 heteroatoms. The first-order chi connectivity index (χ1) is 17.0. The van der Waals surface area contributed by atoms with Gasteiger partial charge in [0.1, 0.15) is 6.07 Å². The van der Waals surface area contributed by atoms with Gasteiger partial charge in [0.05, 0.1) is 26.5 Å². The van der Waals surface area contributed by atoms with Gasteiger partial charge in [-0.1, -0.05) is 71.9 Å². The highest BCUT2D eigenvalue weighted by atomic mass is 32.1. The molecule has 5 aromatic rings. The van der Waals surface area contributed by atoms with Crippen molar-refractivity contribution in [3.63, 3.8) is 0 Å². The quantitative estimate of drug-likeness (QED) is 0.254. The van der Waals surface area contributed by atoms with E-state index in [2.05, 4.69) is 108 Å². The molecule has 0 fully saturated rings. The molecule has 5 rings (SSSR count). The van der Waals surface area contributed by atoms with E-state index in [1.165, 1.54) is 16.3 Å². The highest BCUT2D eigenvalue weighted by molar-refractivity contribution is 7.18. The summed E-state index contributed by atoms with van der Waals surface area (Å²) in [5.74, 6) is 0. The summed E-state index contributed by atoms with van der Waals surface area (Å²) in [6.45, 7) is 13.4. The summed E-state index contributed by atoms with van der Waals surface area (Å²) in [5.41, 5.74) is 6.93. The zero-order valence-electron chi connectivity index (χ0n) is 21.8. The SMILES string of the molecule is CC(C)(C)Cc1nc2ccc(-c3cc(-c4cc(C(C)(C)C)c5ccccc5c4)ncc3C#N)cc2s1. The maximum atomic E-state index is 9.88. The maximum Gasteiger partial charge on any atom is 0.101 e. The van der Waals surface area contributed by atoms with E-state index in [1.54, 1.807) is 17.5 Å². The Bertz CT molecular complexity index is 1640. The van der Waals surface area contributed by atoms with Crippen LogP contribution in [0.4, 0.5) is 0 Å². The Morgan fingerprint density at radius 3 is 2.39 bits per heavy atom. The van der Waals surface area contributed by atoms with E-state index >= 15 is 0 Å².